The summed E-state index contributed by atoms with van der Waals surface area (Å²) in [5, 5.41) is 10.1. The molecular weight excluding hydrogens is 430 g/mol. The Morgan fingerprint density at radius 2 is 2.12 bits per heavy atom. The molecule has 180 valence electrons. The highest BCUT2D eigenvalue weighted by Gasteiger charge is 2.37. The fraction of sp³-hybridized carbons (Fsp3) is 0.440. The lowest BCUT2D eigenvalue weighted by Crippen LogP contribution is -2.55. The zero-order valence-electron chi connectivity index (χ0n) is 19.5. The first-order valence-corrected chi connectivity index (χ1v) is 12.1. The van der Waals surface area contributed by atoms with Gasteiger partial charge in [0.05, 0.1) is 25.0 Å². The van der Waals surface area contributed by atoms with Crippen molar-refractivity contribution in [2.45, 2.75) is 44.2 Å². The molecule has 1 amide bonds. The second-order valence-electron chi connectivity index (χ2n) is 8.89. The van der Waals surface area contributed by atoms with Gasteiger partial charge in [0, 0.05) is 48.6 Å². The molecule has 0 radical (unpaired) electrons. The Labute approximate surface area is 200 Å². The number of anilines is 1. The Bertz CT molecular complexity index is 1030. The van der Waals surface area contributed by atoms with E-state index in [0.717, 1.165) is 36.4 Å². The van der Waals surface area contributed by atoms with E-state index in [1.807, 2.05) is 54.7 Å². The number of hydrazine groups is 1. The summed E-state index contributed by atoms with van der Waals surface area (Å²) in [6.07, 6.45) is 4.32. The topological polar surface area (TPSA) is 102 Å². The first kappa shape index (κ1) is 22.8. The van der Waals surface area contributed by atoms with Crippen LogP contribution in [0.25, 0.3) is 0 Å². The van der Waals surface area contributed by atoms with Gasteiger partial charge in [-0.05, 0) is 30.7 Å². The summed E-state index contributed by atoms with van der Waals surface area (Å²) in [4.78, 5) is 19.7. The summed E-state index contributed by atoms with van der Waals surface area (Å²) in [6.45, 7) is 5.02. The van der Waals surface area contributed by atoms with Crippen LogP contribution in [0.4, 0.5) is 5.69 Å². The molecule has 4 atom stereocenters. The van der Waals surface area contributed by atoms with Gasteiger partial charge >= 0.3 is 0 Å². The van der Waals surface area contributed by atoms with E-state index >= 15 is 0 Å². The summed E-state index contributed by atoms with van der Waals surface area (Å²) in [6, 6.07) is 15.7. The number of aliphatic imine (C=N–C) groups is 1. The smallest absolute Gasteiger partial charge is 0.251 e. The maximum Gasteiger partial charge on any atom is 0.251 e. The van der Waals surface area contributed by atoms with Crippen LogP contribution in [0.5, 0.6) is 5.75 Å². The van der Waals surface area contributed by atoms with Gasteiger partial charge in [0.2, 0.25) is 0 Å². The normalized spacial score (nSPS) is 26.1. The molecule has 3 aliphatic rings. The second kappa shape index (κ2) is 10.5. The van der Waals surface area contributed by atoms with Gasteiger partial charge in [0.1, 0.15) is 12.4 Å². The molecule has 0 bridgehead atoms. The van der Waals surface area contributed by atoms with Crippen molar-refractivity contribution in [1.82, 2.24) is 26.4 Å². The van der Waals surface area contributed by atoms with Crippen LogP contribution in [0.1, 0.15) is 41.7 Å². The molecule has 0 aromatic heterocycles. The maximum atomic E-state index is 12.9. The largest absolute Gasteiger partial charge is 0.491 e. The molecule has 9 heteroatoms. The highest BCUT2D eigenvalue weighted by atomic mass is 16.5. The van der Waals surface area contributed by atoms with E-state index in [-0.39, 0.29) is 24.3 Å². The Morgan fingerprint density at radius 1 is 1.21 bits per heavy atom. The third kappa shape index (κ3) is 4.92. The number of carbonyl (C=O) groups excluding carboxylic acids is 1. The number of nitrogens with zero attached hydrogens (tertiary/aromatic N) is 2. The fourth-order valence-electron chi connectivity index (χ4n) is 4.85. The summed E-state index contributed by atoms with van der Waals surface area (Å²) < 4.78 is 5.69. The predicted octanol–water partition coefficient (Wildman–Crippen LogP) is 1.82. The third-order valence-corrected chi connectivity index (χ3v) is 6.58. The number of hydrogen-bond acceptors (Lipinski definition) is 8. The molecule has 5 rings (SSSR count). The molecule has 0 spiro atoms. The molecule has 1 fully saturated rings. The SMILES string of the molecule is CCCN1C(CNc2cccc(C(=O)N[C@@H]3COc4ccccc43)c2)NNC1C1CC=NCN1. The van der Waals surface area contributed by atoms with Gasteiger partial charge in [-0.2, -0.15) is 0 Å². The maximum absolute atomic E-state index is 12.9. The number of nitrogens with one attached hydrogen (secondary N) is 5. The van der Waals surface area contributed by atoms with Crippen molar-refractivity contribution in [3.05, 3.63) is 59.7 Å². The first-order chi connectivity index (χ1) is 16.7. The number of fused-ring (bicyclic) bond motifs is 1. The minimum absolute atomic E-state index is 0.104. The molecule has 2 aromatic carbocycles. The van der Waals surface area contributed by atoms with E-state index in [2.05, 4.69) is 43.6 Å². The number of para-hydroxylation sites is 1. The van der Waals surface area contributed by atoms with Crippen LogP contribution in [0.3, 0.4) is 0 Å². The van der Waals surface area contributed by atoms with E-state index in [9.17, 15) is 4.79 Å². The molecule has 0 saturated carbocycles. The molecule has 34 heavy (non-hydrogen) atoms. The molecule has 3 heterocycles. The average Bonchev–Trinajstić information content (AvgIpc) is 3.48. The van der Waals surface area contributed by atoms with E-state index in [0.29, 0.717) is 31.4 Å². The number of carbonyl (C=O) groups is 1. The van der Waals surface area contributed by atoms with Crippen molar-refractivity contribution in [1.29, 1.82) is 0 Å². The average molecular weight is 464 g/mol. The summed E-state index contributed by atoms with van der Waals surface area (Å²) in [5.74, 6) is 0.735. The van der Waals surface area contributed by atoms with E-state index in [1.165, 1.54) is 0 Å². The van der Waals surface area contributed by atoms with E-state index in [4.69, 9.17) is 4.74 Å². The van der Waals surface area contributed by atoms with Crippen molar-refractivity contribution >= 4 is 17.8 Å². The molecule has 2 aromatic rings. The number of ether oxygens (including phenoxy) is 1. The summed E-state index contributed by atoms with van der Waals surface area (Å²) >= 11 is 0. The summed E-state index contributed by atoms with van der Waals surface area (Å²) in [5.41, 5.74) is 9.47. The molecule has 3 unspecified atom stereocenters. The molecule has 0 aliphatic carbocycles. The first-order valence-electron chi connectivity index (χ1n) is 12.1. The lowest BCUT2D eigenvalue weighted by atomic mass is 10.1. The minimum Gasteiger partial charge on any atom is -0.491 e. The molecule has 9 nitrogen and oxygen atoms in total. The van der Waals surface area contributed by atoms with Gasteiger partial charge in [-0.25, -0.2) is 10.9 Å². The van der Waals surface area contributed by atoms with Gasteiger partial charge in [-0.15, -0.1) is 0 Å². The van der Waals surface area contributed by atoms with Crippen LogP contribution in [-0.4, -0.2) is 61.8 Å². The summed E-state index contributed by atoms with van der Waals surface area (Å²) in [7, 11) is 0. The van der Waals surface area contributed by atoms with Crippen LogP contribution in [0, 0.1) is 0 Å². The quantitative estimate of drug-likeness (QED) is 0.407. The third-order valence-electron chi connectivity index (χ3n) is 6.58. The van der Waals surface area contributed by atoms with Crippen LogP contribution >= 0.6 is 0 Å². The zero-order valence-corrected chi connectivity index (χ0v) is 19.5. The number of benzene rings is 2. The standard InChI is InChI=1S/C25H33N7O2/c1-2-12-32-23(30-31-24(32)20-10-11-26-16-28-20)14-27-18-7-5-6-17(13-18)25(33)29-21-15-34-22-9-4-3-8-19(21)22/h3-9,11,13,20-21,23-24,27-28,30-31H,2,10,12,14-16H2,1H3,(H,29,33)/t20?,21-,23?,24?/m1/s1. The highest BCUT2D eigenvalue weighted by molar-refractivity contribution is 5.95. The van der Waals surface area contributed by atoms with E-state index < -0.39 is 0 Å². The lowest BCUT2D eigenvalue weighted by molar-refractivity contribution is 0.0930. The molecule has 1 saturated heterocycles. The van der Waals surface area contributed by atoms with Gasteiger partial charge in [0.25, 0.3) is 5.91 Å². The van der Waals surface area contributed by atoms with Gasteiger partial charge in [-0.3, -0.25) is 20.0 Å². The minimum atomic E-state index is -0.132. The number of amides is 1. The van der Waals surface area contributed by atoms with Gasteiger partial charge < -0.3 is 15.4 Å². The van der Waals surface area contributed by atoms with Crippen LogP contribution in [0.2, 0.25) is 0 Å². The lowest BCUT2D eigenvalue weighted by Gasteiger charge is -2.34. The van der Waals surface area contributed by atoms with E-state index in [1.54, 1.807) is 0 Å². The molecule has 3 aliphatic heterocycles. The fourth-order valence-corrected chi connectivity index (χ4v) is 4.85. The number of hydrogen-bond donors (Lipinski definition) is 5. The van der Waals surface area contributed by atoms with Crippen LogP contribution in [-0.2, 0) is 0 Å². The van der Waals surface area contributed by atoms with Gasteiger partial charge in [0.15, 0.2) is 0 Å². The molecular formula is C25H33N7O2. The molecule has 5 N–H and O–H groups in total. The van der Waals surface area contributed by atoms with Crippen LogP contribution in [0.15, 0.2) is 53.5 Å². The van der Waals surface area contributed by atoms with Gasteiger partial charge in [-0.1, -0.05) is 31.2 Å². The number of rotatable bonds is 8. The van der Waals surface area contributed by atoms with Crippen molar-refractivity contribution in [2.75, 3.05) is 31.7 Å². The highest BCUT2D eigenvalue weighted by Crippen LogP contribution is 2.31. The zero-order chi connectivity index (χ0) is 23.3. The van der Waals surface area contributed by atoms with Crippen molar-refractivity contribution in [3.8, 4) is 5.75 Å². The second-order valence-corrected chi connectivity index (χ2v) is 8.89. The Hall–Kier alpha value is -2.98. The van der Waals surface area contributed by atoms with Crippen molar-refractivity contribution in [2.24, 2.45) is 4.99 Å². The van der Waals surface area contributed by atoms with Crippen LogP contribution < -0.4 is 31.5 Å². The Morgan fingerprint density at radius 3 is 2.97 bits per heavy atom. The Balaban J connectivity index is 1.19. The Kier molecular flexibility index (Phi) is 7.05. The van der Waals surface area contributed by atoms with Crippen molar-refractivity contribution < 1.29 is 9.53 Å². The monoisotopic (exact) mass is 463 g/mol. The predicted molar refractivity (Wildman–Crippen MR) is 133 cm³/mol. The van der Waals surface area contributed by atoms with Crippen molar-refractivity contribution in [3.63, 3.8) is 0 Å².